The minimum Gasteiger partial charge on any atom is -0.325 e. The van der Waals surface area contributed by atoms with Crippen LogP contribution in [0.3, 0.4) is 0 Å². The molecule has 2 aromatic rings. The van der Waals surface area contributed by atoms with Crippen LogP contribution in [0.5, 0.6) is 0 Å². The van der Waals surface area contributed by atoms with Gasteiger partial charge in [-0.15, -0.1) is 0 Å². The predicted octanol–water partition coefficient (Wildman–Crippen LogP) is 3.83. The highest BCUT2D eigenvalue weighted by Gasteiger charge is 2.36. The molecular weight excluding hydrogens is 336 g/mol. The van der Waals surface area contributed by atoms with Gasteiger partial charge in [-0.05, 0) is 44.5 Å². The lowest BCUT2D eigenvalue weighted by atomic mass is 10.1. The molecule has 4 nitrogen and oxygen atoms in total. The van der Waals surface area contributed by atoms with Gasteiger partial charge in [-0.3, -0.25) is 9.59 Å². The molecule has 1 heterocycles. The number of nitrogens with zero attached hydrogens (tertiary/aromatic N) is 2. The fraction of sp³-hybridized carbons (Fsp3) is 0.300. The van der Waals surface area contributed by atoms with Crippen LogP contribution in [-0.4, -0.2) is 35.8 Å². The summed E-state index contributed by atoms with van der Waals surface area (Å²) >= 11 is 6.14. The van der Waals surface area contributed by atoms with Crippen molar-refractivity contribution in [2.24, 2.45) is 0 Å². The molecule has 0 aliphatic carbocycles. The summed E-state index contributed by atoms with van der Waals surface area (Å²) in [5, 5.41) is 0.406. The van der Waals surface area contributed by atoms with Crippen molar-refractivity contribution in [2.45, 2.75) is 26.8 Å². The molecule has 130 valence electrons. The summed E-state index contributed by atoms with van der Waals surface area (Å²) in [6.07, 6.45) is 0. The summed E-state index contributed by atoms with van der Waals surface area (Å²) in [4.78, 5) is 29.1. The predicted molar refractivity (Wildman–Crippen MR) is 100 cm³/mol. The number of aryl methyl sites for hydroxylation is 2. The van der Waals surface area contributed by atoms with Crippen molar-refractivity contribution in [3.05, 3.63) is 64.2 Å². The molecule has 1 atom stereocenters. The Balaban J connectivity index is 1.84. The Kier molecular flexibility index (Phi) is 4.82. The number of hydrogen-bond donors (Lipinski definition) is 0. The van der Waals surface area contributed by atoms with Gasteiger partial charge in [-0.1, -0.05) is 41.4 Å². The molecule has 1 unspecified atom stereocenters. The molecule has 0 saturated carbocycles. The average Bonchev–Trinajstić information content (AvgIpc) is 2.58. The van der Waals surface area contributed by atoms with Crippen LogP contribution in [0.15, 0.2) is 42.5 Å². The highest BCUT2D eigenvalue weighted by Crippen LogP contribution is 2.26. The van der Waals surface area contributed by atoms with E-state index in [2.05, 4.69) is 6.07 Å². The van der Waals surface area contributed by atoms with Gasteiger partial charge in [0.2, 0.25) is 5.91 Å². The second-order valence-corrected chi connectivity index (χ2v) is 6.84. The van der Waals surface area contributed by atoms with Gasteiger partial charge in [0.15, 0.2) is 0 Å². The lowest BCUT2D eigenvalue weighted by molar-refractivity contribution is -0.124. The molecule has 1 aliphatic rings. The minimum absolute atomic E-state index is 0.0707. The third kappa shape index (κ3) is 3.27. The highest BCUT2D eigenvalue weighted by atomic mass is 35.5. The number of hydrogen-bond acceptors (Lipinski definition) is 2. The Bertz CT molecular complexity index is 834. The van der Waals surface area contributed by atoms with Gasteiger partial charge in [0, 0.05) is 18.8 Å². The normalized spacial score (nSPS) is 17.8. The molecule has 1 aliphatic heterocycles. The van der Waals surface area contributed by atoms with E-state index in [0.29, 0.717) is 23.7 Å². The standard InChI is InChI=1S/C20H21ClN2O2/c1-13-8-9-18(14(2)12-13)23-11-10-22(15(3)19(23)24)20(25)16-6-4-5-7-17(16)21/h4-9,12,15H,10-11H2,1-3H3. The van der Waals surface area contributed by atoms with Crippen molar-refractivity contribution in [2.75, 3.05) is 18.0 Å². The Morgan fingerprint density at radius 3 is 2.52 bits per heavy atom. The Hall–Kier alpha value is -2.33. The highest BCUT2D eigenvalue weighted by molar-refractivity contribution is 6.33. The van der Waals surface area contributed by atoms with E-state index in [9.17, 15) is 9.59 Å². The maximum atomic E-state index is 12.9. The summed E-state index contributed by atoms with van der Waals surface area (Å²) in [5.74, 6) is -0.273. The third-order valence-electron chi connectivity index (χ3n) is 4.66. The fourth-order valence-electron chi connectivity index (χ4n) is 3.28. The molecular formula is C20H21ClN2O2. The van der Waals surface area contributed by atoms with Gasteiger partial charge in [-0.25, -0.2) is 0 Å². The van der Waals surface area contributed by atoms with Crippen LogP contribution in [0.1, 0.15) is 28.4 Å². The van der Waals surface area contributed by atoms with Crippen molar-refractivity contribution in [1.82, 2.24) is 4.90 Å². The van der Waals surface area contributed by atoms with E-state index >= 15 is 0 Å². The number of anilines is 1. The van der Waals surface area contributed by atoms with E-state index < -0.39 is 6.04 Å². The van der Waals surface area contributed by atoms with Gasteiger partial charge in [0.05, 0.1) is 10.6 Å². The van der Waals surface area contributed by atoms with Crippen LogP contribution in [0.2, 0.25) is 5.02 Å². The smallest absolute Gasteiger partial charge is 0.256 e. The first kappa shape index (κ1) is 17.5. The zero-order chi connectivity index (χ0) is 18.1. The van der Waals surface area contributed by atoms with Crippen LogP contribution in [0.25, 0.3) is 0 Å². The van der Waals surface area contributed by atoms with E-state index in [1.807, 2.05) is 26.0 Å². The number of carbonyl (C=O) groups is 2. The molecule has 0 radical (unpaired) electrons. The van der Waals surface area contributed by atoms with Gasteiger partial charge < -0.3 is 9.80 Å². The van der Waals surface area contributed by atoms with E-state index in [4.69, 9.17) is 11.6 Å². The van der Waals surface area contributed by atoms with Crippen LogP contribution >= 0.6 is 11.6 Å². The summed E-state index contributed by atoms with van der Waals surface area (Å²) in [6.45, 7) is 6.75. The minimum atomic E-state index is -0.529. The van der Waals surface area contributed by atoms with Crippen molar-refractivity contribution >= 4 is 29.1 Å². The zero-order valence-corrected chi connectivity index (χ0v) is 15.4. The molecule has 1 saturated heterocycles. The number of rotatable bonds is 2. The van der Waals surface area contributed by atoms with Crippen molar-refractivity contribution in [3.63, 3.8) is 0 Å². The van der Waals surface area contributed by atoms with Crippen LogP contribution in [0, 0.1) is 13.8 Å². The van der Waals surface area contributed by atoms with Crippen LogP contribution in [-0.2, 0) is 4.79 Å². The number of piperazine rings is 1. The molecule has 1 fully saturated rings. The first-order chi connectivity index (χ1) is 11.9. The second-order valence-electron chi connectivity index (χ2n) is 6.43. The molecule has 2 amide bonds. The van der Waals surface area contributed by atoms with Crippen LogP contribution in [0.4, 0.5) is 5.69 Å². The SMILES string of the molecule is Cc1ccc(N2CCN(C(=O)c3ccccc3Cl)C(C)C2=O)c(C)c1. The molecule has 25 heavy (non-hydrogen) atoms. The van der Waals surface area contributed by atoms with Gasteiger partial charge in [0.25, 0.3) is 5.91 Å². The van der Waals surface area contributed by atoms with E-state index in [-0.39, 0.29) is 11.8 Å². The number of halogens is 1. The Morgan fingerprint density at radius 2 is 1.84 bits per heavy atom. The molecule has 3 rings (SSSR count). The lowest BCUT2D eigenvalue weighted by Crippen LogP contribution is -2.58. The van der Waals surface area contributed by atoms with Gasteiger partial charge in [0.1, 0.15) is 6.04 Å². The molecule has 0 spiro atoms. The summed E-state index contributed by atoms with van der Waals surface area (Å²) in [6, 6.07) is 12.4. The zero-order valence-electron chi connectivity index (χ0n) is 14.6. The Labute approximate surface area is 153 Å². The van der Waals surface area contributed by atoms with Crippen molar-refractivity contribution in [1.29, 1.82) is 0 Å². The quantitative estimate of drug-likeness (QED) is 0.820. The van der Waals surface area contributed by atoms with Gasteiger partial charge >= 0.3 is 0 Å². The number of amides is 2. The monoisotopic (exact) mass is 356 g/mol. The Morgan fingerprint density at radius 1 is 1.12 bits per heavy atom. The first-order valence-electron chi connectivity index (χ1n) is 8.34. The van der Waals surface area contributed by atoms with Crippen molar-refractivity contribution in [3.8, 4) is 0 Å². The summed E-state index contributed by atoms with van der Waals surface area (Å²) in [7, 11) is 0. The number of benzene rings is 2. The largest absolute Gasteiger partial charge is 0.325 e. The summed E-state index contributed by atoms with van der Waals surface area (Å²) < 4.78 is 0. The molecule has 0 N–H and O–H groups in total. The molecule has 5 heteroatoms. The summed E-state index contributed by atoms with van der Waals surface area (Å²) in [5.41, 5.74) is 3.57. The van der Waals surface area contributed by atoms with Crippen molar-refractivity contribution < 1.29 is 9.59 Å². The average molecular weight is 357 g/mol. The lowest BCUT2D eigenvalue weighted by Gasteiger charge is -2.39. The molecule has 0 bridgehead atoms. The van der Waals surface area contributed by atoms with Gasteiger partial charge in [-0.2, -0.15) is 0 Å². The first-order valence-corrected chi connectivity index (χ1v) is 8.72. The maximum absolute atomic E-state index is 12.9. The topological polar surface area (TPSA) is 40.6 Å². The fourth-order valence-corrected chi connectivity index (χ4v) is 3.50. The molecule has 2 aromatic carbocycles. The second kappa shape index (κ2) is 6.89. The van der Waals surface area contributed by atoms with E-state index in [1.54, 1.807) is 41.0 Å². The van der Waals surface area contributed by atoms with E-state index in [0.717, 1.165) is 16.8 Å². The third-order valence-corrected chi connectivity index (χ3v) is 4.99. The maximum Gasteiger partial charge on any atom is 0.256 e. The molecule has 0 aromatic heterocycles. The van der Waals surface area contributed by atoms with E-state index in [1.165, 1.54) is 0 Å². The van der Waals surface area contributed by atoms with Crippen LogP contribution < -0.4 is 4.90 Å². The number of carbonyl (C=O) groups excluding carboxylic acids is 2.